The number of nitrogens with zero attached hydrogens (tertiary/aromatic N) is 2. The number of carbonyl (C=O) groups is 1. The number of benzene rings is 1. The number of rotatable bonds is 7. The van der Waals surface area contributed by atoms with Crippen LogP contribution in [0.25, 0.3) is 0 Å². The fraction of sp³-hybridized carbons (Fsp3) is 0.650. The summed E-state index contributed by atoms with van der Waals surface area (Å²) in [4.78, 5) is 15.0. The van der Waals surface area contributed by atoms with E-state index in [0.29, 0.717) is 30.5 Å². The van der Waals surface area contributed by atoms with Crippen molar-refractivity contribution in [2.45, 2.75) is 50.8 Å². The minimum atomic E-state index is -3.46. The Morgan fingerprint density at radius 3 is 2.27 bits per heavy atom. The summed E-state index contributed by atoms with van der Waals surface area (Å²) in [6.07, 6.45) is 5.16. The Kier molecular flexibility index (Phi) is 6.03. The molecule has 1 aliphatic carbocycles. The topological polar surface area (TPSA) is 57.7 Å². The Bertz CT molecular complexity index is 718. The Balaban J connectivity index is 1.71. The average Bonchev–Trinajstić information content (AvgIpc) is 3.45. The number of sulfonamides is 1. The van der Waals surface area contributed by atoms with Crippen LogP contribution in [0.3, 0.4) is 0 Å². The molecule has 0 atom stereocenters. The zero-order valence-electron chi connectivity index (χ0n) is 15.9. The Morgan fingerprint density at radius 1 is 1.12 bits per heavy atom. The fourth-order valence-electron chi connectivity index (χ4n) is 3.48. The molecule has 2 fully saturated rings. The molecule has 0 unspecified atom stereocenters. The number of hydrogen-bond acceptors (Lipinski definition) is 3. The van der Waals surface area contributed by atoms with E-state index in [1.165, 1.54) is 12.8 Å². The van der Waals surface area contributed by atoms with E-state index >= 15 is 0 Å². The van der Waals surface area contributed by atoms with Crippen molar-refractivity contribution in [2.75, 3.05) is 26.2 Å². The molecular weight excluding hydrogens is 348 g/mol. The summed E-state index contributed by atoms with van der Waals surface area (Å²) in [6.45, 7) is 6.96. The summed E-state index contributed by atoms with van der Waals surface area (Å²) >= 11 is 0. The van der Waals surface area contributed by atoms with Crippen LogP contribution >= 0.6 is 0 Å². The van der Waals surface area contributed by atoms with E-state index < -0.39 is 10.0 Å². The molecule has 0 spiro atoms. The zero-order chi connectivity index (χ0) is 18.7. The molecule has 1 aromatic carbocycles. The third-order valence-electron chi connectivity index (χ3n) is 5.44. The van der Waals surface area contributed by atoms with Gasteiger partial charge >= 0.3 is 0 Å². The maximum absolute atomic E-state index is 12.8. The molecule has 6 heteroatoms. The zero-order valence-corrected chi connectivity index (χ0v) is 16.7. The van der Waals surface area contributed by atoms with Crippen molar-refractivity contribution in [1.29, 1.82) is 0 Å². The number of amides is 1. The summed E-state index contributed by atoms with van der Waals surface area (Å²) < 4.78 is 27.2. The minimum Gasteiger partial charge on any atom is -0.338 e. The number of hydrogen-bond donors (Lipinski definition) is 0. The molecule has 1 saturated heterocycles. The first kappa shape index (κ1) is 19.4. The van der Waals surface area contributed by atoms with Gasteiger partial charge in [-0.3, -0.25) is 4.79 Å². The summed E-state index contributed by atoms with van der Waals surface area (Å²) in [7, 11) is -3.46. The van der Waals surface area contributed by atoms with Crippen LogP contribution in [0.1, 0.15) is 56.3 Å². The number of piperidine rings is 1. The predicted octanol–water partition coefficient (Wildman–Crippen LogP) is 3.37. The lowest BCUT2D eigenvalue weighted by atomic mass is 10.0. The predicted molar refractivity (Wildman–Crippen MR) is 103 cm³/mol. The molecule has 1 heterocycles. The monoisotopic (exact) mass is 378 g/mol. The third-order valence-corrected chi connectivity index (χ3v) is 7.35. The van der Waals surface area contributed by atoms with Gasteiger partial charge in [-0.05, 0) is 68.2 Å². The highest BCUT2D eigenvalue weighted by Gasteiger charge is 2.29. The van der Waals surface area contributed by atoms with Crippen LogP contribution in [-0.4, -0.2) is 49.7 Å². The van der Waals surface area contributed by atoms with Gasteiger partial charge in [0.25, 0.3) is 5.91 Å². The molecule has 5 nitrogen and oxygen atoms in total. The van der Waals surface area contributed by atoms with Crippen molar-refractivity contribution in [2.24, 2.45) is 11.8 Å². The molecular formula is C20H30N2O3S. The first-order valence-electron chi connectivity index (χ1n) is 9.81. The van der Waals surface area contributed by atoms with E-state index in [9.17, 15) is 13.2 Å². The second-order valence-corrected chi connectivity index (χ2v) is 9.74. The highest BCUT2D eigenvalue weighted by Crippen LogP contribution is 2.30. The second kappa shape index (κ2) is 8.09. The van der Waals surface area contributed by atoms with Crippen LogP contribution in [0.5, 0.6) is 0 Å². The molecule has 1 aromatic rings. The molecule has 1 amide bonds. The molecule has 3 rings (SSSR count). The maximum atomic E-state index is 12.8. The van der Waals surface area contributed by atoms with E-state index in [-0.39, 0.29) is 10.8 Å². The van der Waals surface area contributed by atoms with Crippen molar-refractivity contribution in [1.82, 2.24) is 9.21 Å². The van der Waals surface area contributed by atoms with Gasteiger partial charge < -0.3 is 4.90 Å². The van der Waals surface area contributed by atoms with Gasteiger partial charge in [0.15, 0.2) is 0 Å². The molecule has 26 heavy (non-hydrogen) atoms. The van der Waals surface area contributed by atoms with Crippen LogP contribution in [0.2, 0.25) is 0 Å². The second-order valence-electron chi connectivity index (χ2n) is 7.81. The Hall–Kier alpha value is -1.40. The molecule has 0 radical (unpaired) electrons. The largest absolute Gasteiger partial charge is 0.338 e. The lowest BCUT2D eigenvalue weighted by Gasteiger charge is -2.29. The van der Waals surface area contributed by atoms with Gasteiger partial charge in [0, 0.05) is 31.7 Å². The molecule has 0 bridgehead atoms. The van der Waals surface area contributed by atoms with Gasteiger partial charge in [0.1, 0.15) is 0 Å². The van der Waals surface area contributed by atoms with E-state index in [1.54, 1.807) is 28.6 Å². The summed E-state index contributed by atoms with van der Waals surface area (Å²) in [6, 6.07) is 6.50. The molecule has 2 aliphatic rings. The first-order valence-corrected chi connectivity index (χ1v) is 11.2. The Labute approximate surface area is 157 Å². The normalized spacial score (nSPS) is 19.5. The van der Waals surface area contributed by atoms with Crippen molar-refractivity contribution >= 4 is 15.9 Å². The summed E-state index contributed by atoms with van der Waals surface area (Å²) in [5.74, 6) is 1.23. The SMILES string of the molecule is CCCN(CC1CC1)C(=O)c1ccc(S(=O)(=O)N2CCC(C)CC2)cc1. The van der Waals surface area contributed by atoms with Crippen molar-refractivity contribution in [3.05, 3.63) is 29.8 Å². The summed E-state index contributed by atoms with van der Waals surface area (Å²) in [5.41, 5.74) is 0.574. The maximum Gasteiger partial charge on any atom is 0.253 e. The standard InChI is InChI=1S/C20H30N2O3S/c1-3-12-21(15-17-4-5-17)20(23)18-6-8-19(9-7-18)26(24,25)22-13-10-16(2)11-14-22/h6-9,16-17H,3-5,10-15H2,1-2H3. The third kappa shape index (κ3) is 4.46. The van der Waals surface area contributed by atoms with Crippen molar-refractivity contribution in [3.8, 4) is 0 Å². The van der Waals surface area contributed by atoms with Crippen LogP contribution in [-0.2, 0) is 10.0 Å². The van der Waals surface area contributed by atoms with Crippen molar-refractivity contribution in [3.63, 3.8) is 0 Å². The van der Waals surface area contributed by atoms with Gasteiger partial charge in [0.2, 0.25) is 10.0 Å². The van der Waals surface area contributed by atoms with Gasteiger partial charge in [-0.25, -0.2) is 8.42 Å². The smallest absolute Gasteiger partial charge is 0.253 e. The van der Waals surface area contributed by atoms with E-state index in [0.717, 1.165) is 32.4 Å². The lowest BCUT2D eigenvalue weighted by molar-refractivity contribution is 0.0747. The van der Waals surface area contributed by atoms with Crippen LogP contribution in [0, 0.1) is 11.8 Å². The van der Waals surface area contributed by atoms with Gasteiger partial charge in [-0.15, -0.1) is 0 Å². The highest BCUT2D eigenvalue weighted by molar-refractivity contribution is 7.89. The van der Waals surface area contributed by atoms with E-state index in [4.69, 9.17) is 0 Å². The van der Waals surface area contributed by atoms with Gasteiger partial charge in [-0.2, -0.15) is 4.31 Å². The van der Waals surface area contributed by atoms with E-state index in [1.807, 2.05) is 4.90 Å². The first-order chi connectivity index (χ1) is 12.4. The fourth-order valence-corrected chi connectivity index (χ4v) is 4.95. The van der Waals surface area contributed by atoms with Crippen LogP contribution < -0.4 is 0 Å². The highest BCUT2D eigenvalue weighted by atomic mass is 32.2. The molecule has 1 aliphatic heterocycles. The van der Waals surface area contributed by atoms with E-state index in [2.05, 4.69) is 13.8 Å². The number of carbonyl (C=O) groups excluding carboxylic acids is 1. The van der Waals surface area contributed by atoms with Crippen LogP contribution in [0.4, 0.5) is 0 Å². The van der Waals surface area contributed by atoms with Gasteiger partial charge in [0.05, 0.1) is 4.90 Å². The van der Waals surface area contributed by atoms with Crippen molar-refractivity contribution < 1.29 is 13.2 Å². The molecule has 0 aromatic heterocycles. The quantitative estimate of drug-likeness (QED) is 0.731. The molecule has 0 N–H and O–H groups in total. The Morgan fingerprint density at radius 2 is 1.73 bits per heavy atom. The lowest BCUT2D eigenvalue weighted by Crippen LogP contribution is -2.38. The van der Waals surface area contributed by atoms with Gasteiger partial charge in [-0.1, -0.05) is 13.8 Å². The minimum absolute atomic E-state index is 0.00879. The molecule has 144 valence electrons. The summed E-state index contributed by atoms with van der Waals surface area (Å²) in [5, 5.41) is 0. The average molecular weight is 379 g/mol. The van der Waals surface area contributed by atoms with Crippen LogP contribution in [0.15, 0.2) is 29.2 Å². The molecule has 1 saturated carbocycles.